The Hall–Kier alpha value is -2.54. The van der Waals surface area contributed by atoms with Gasteiger partial charge in [-0.2, -0.15) is 0 Å². The quantitative estimate of drug-likeness (QED) is 0.437. The van der Waals surface area contributed by atoms with Crippen LogP contribution in [-0.2, 0) is 4.79 Å². The number of aromatic nitrogens is 1. The Morgan fingerprint density at radius 3 is 2.62 bits per heavy atom. The van der Waals surface area contributed by atoms with Crippen molar-refractivity contribution in [1.82, 2.24) is 15.8 Å². The summed E-state index contributed by atoms with van der Waals surface area (Å²) >= 11 is 5.88. The van der Waals surface area contributed by atoms with Crippen LogP contribution in [0.3, 0.4) is 0 Å². The minimum absolute atomic E-state index is 0.240. The molecule has 0 spiro atoms. The molecule has 8 heteroatoms. The molecule has 1 aromatic heterocycles. The first-order chi connectivity index (χ1) is 12.4. The molecule has 4 N–H and O–H groups in total. The highest BCUT2D eigenvalue weighted by Gasteiger charge is 2.19. The molecule has 7 nitrogen and oxygen atoms in total. The Labute approximate surface area is 155 Å². The lowest BCUT2D eigenvalue weighted by Crippen LogP contribution is -2.43. The second kappa shape index (κ2) is 9.24. The van der Waals surface area contributed by atoms with Gasteiger partial charge in [-0.25, -0.2) is 0 Å². The Bertz CT molecular complexity index is 863. The highest BCUT2D eigenvalue weighted by molar-refractivity contribution is 6.31. The fourth-order valence-corrected chi connectivity index (χ4v) is 2.77. The molecule has 1 heterocycles. The van der Waals surface area contributed by atoms with Crippen LogP contribution in [0.15, 0.2) is 23.0 Å². The maximum Gasteiger partial charge on any atom is 0.279 e. The number of amides is 2. The number of nitrogens with one attached hydrogen (secondary N) is 3. The van der Waals surface area contributed by atoms with Gasteiger partial charge < -0.3 is 10.1 Å². The van der Waals surface area contributed by atoms with Crippen LogP contribution in [0.1, 0.15) is 55.8 Å². The van der Waals surface area contributed by atoms with E-state index in [0.29, 0.717) is 10.5 Å². The maximum atomic E-state index is 12.2. The summed E-state index contributed by atoms with van der Waals surface area (Å²) in [7, 11) is 0. The van der Waals surface area contributed by atoms with Gasteiger partial charge in [-0.05, 0) is 24.6 Å². The molecule has 0 saturated heterocycles. The molecule has 2 amide bonds. The van der Waals surface area contributed by atoms with Crippen molar-refractivity contribution in [3.8, 4) is 5.75 Å². The number of H-pyrrole nitrogens is 1. The van der Waals surface area contributed by atoms with Crippen molar-refractivity contribution in [3.63, 3.8) is 0 Å². The smallest absolute Gasteiger partial charge is 0.279 e. The van der Waals surface area contributed by atoms with Crippen LogP contribution < -0.4 is 16.4 Å². The van der Waals surface area contributed by atoms with Gasteiger partial charge in [0.2, 0.25) is 5.91 Å². The molecule has 0 aliphatic carbocycles. The van der Waals surface area contributed by atoms with Gasteiger partial charge in [0.1, 0.15) is 11.3 Å². The molecule has 2 rings (SSSR count). The van der Waals surface area contributed by atoms with Gasteiger partial charge in [0.05, 0.1) is 5.52 Å². The zero-order chi connectivity index (χ0) is 19.1. The van der Waals surface area contributed by atoms with Gasteiger partial charge in [-0.3, -0.25) is 25.2 Å². The SMILES string of the molecule is CCCCCCCC(=O)NNC(=O)c1c(O)c2cc(Cl)ccc2[nH]c1=O. The van der Waals surface area contributed by atoms with E-state index in [2.05, 4.69) is 22.8 Å². The molecule has 1 aromatic carbocycles. The number of hydrogen-bond acceptors (Lipinski definition) is 4. The van der Waals surface area contributed by atoms with Crippen molar-refractivity contribution >= 4 is 34.3 Å². The number of halogens is 1. The number of pyridine rings is 1. The molecule has 140 valence electrons. The van der Waals surface area contributed by atoms with Crippen molar-refractivity contribution in [3.05, 3.63) is 39.1 Å². The molecular formula is C18H22ClN3O4. The van der Waals surface area contributed by atoms with Crippen LogP contribution in [0.25, 0.3) is 10.9 Å². The number of carbonyl (C=O) groups excluding carboxylic acids is 2. The van der Waals surface area contributed by atoms with Gasteiger partial charge >= 0.3 is 0 Å². The molecule has 0 unspecified atom stereocenters. The number of aromatic amines is 1. The standard InChI is InChI=1S/C18H22ClN3O4/c1-2-3-4-5-6-7-14(23)21-22-18(26)15-16(24)12-10-11(19)8-9-13(12)20-17(15)25/h8-10H,2-7H2,1H3,(H,21,23)(H,22,26)(H2,20,24,25). The lowest BCUT2D eigenvalue weighted by Gasteiger charge is -2.10. The molecule has 2 aromatic rings. The lowest BCUT2D eigenvalue weighted by atomic mass is 10.1. The zero-order valence-electron chi connectivity index (χ0n) is 14.5. The summed E-state index contributed by atoms with van der Waals surface area (Å²) in [5.41, 5.74) is 3.53. The van der Waals surface area contributed by atoms with Gasteiger partial charge in [0.15, 0.2) is 0 Å². The average molecular weight is 380 g/mol. The van der Waals surface area contributed by atoms with Crippen LogP contribution in [-0.4, -0.2) is 21.9 Å². The van der Waals surface area contributed by atoms with Crippen molar-refractivity contribution in [1.29, 1.82) is 0 Å². The van der Waals surface area contributed by atoms with Gasteiger partial charge in [-0.1, -0.05) is 44.2 Å². The Morgan fingerprint density at radius 2 is 1.88 bits per heavy atom. The number of rotatable bonds is 7. The molecule has 0 aliphatic heterocycles. The predicted octanol–water partition coefficient (Wildman–Crippen LogP) is 3.01. The summed E-state index contributed by atoms with van der Waals surface area (Å²) in [6.45, 7) is 2.11. The van der Waals surface area contributed by atoms with Gasteiger partial charge in [-0.15, -0.1) is 0 Å². The van der Waals surface area contributed by atoms with E-state index >= 15 is 0 Å². The second-order valence-corrected chi connectivity index (χ2v) is 6.47. The molecule has 26 heavy (non-hydrogen) atoms. The van der Waals surface area contributed by atoms with E-state index in [1.54, 1.807) is 6.07 Å². The number of benzene rings is 1. The van der Waals surface area contributed by atoms with Crippen molar-refractivity contribution in [2.45, 2.75) is 45.4 Å². The normalized spacial score (nSPS) is 10.7. The van der Waals surface area contributed by atoms with E-state index in [1.807, 2.05) is 0 Å². The summed E-state index contributed by atoms with van der Waals surface area (Å²) < 4.78 is 0. The Morgan fingerprint density at radius 1 is 1.15 bits per heavy atom. The maximum absolute atomic E-state index is 12.2. The highest BCUT2D eigenvalue weighted by Crippen LogP contribution is 2.27. The first-order valence-corrected chi connectivity index (χ1v) is 8.95. The van der Waals surface area contributed by atoms with Crippen LogP contribution in [0.4, 0.5) is 0 Å². The van der Waals surface area contributed by atoms with Crippen molar-refractivity contribution in [2.75, 3.05) is 0 Å². The van der Waals surface area contributed by atoms with Crippen molar-refractivity contribution < 1.29 is 14.7 Å². The third kappa shape index (κ3) is 4.98. The molecular weight excluding hydrogens is 358 g/mol. The van der Waals surface area contributed by atoms with Crippen LogP contribution in [0.2, 0.25) is 5.02 Å². The summed E-state index contributed by atoms with van der Waals surface area (Å²) in [6.07, 6.45) is 5.27. The van der Waals surface area contributed by atoms with E-state index in [4.69, 9.17) is 11.6 Å². The highest BCUT2D eigenvalue weighted by atomic mass is 35.5. The summed E-state index contributed by atoms with van der Waals surface area (Å²) in [5.74, 6) is -1.74. The molecule has 0 bridgehead atoms. The van der Waals surface area contributed by atoms with E-state index in [1.165, 1.54) is 12.1 Å². The fraction of sp³-hybridized carbons (Fsp3) is 0.389. The summed E-state index contributed by atoms with van der Waals surface area (Å²) in [5, 5.41) is 10.9. The van der Waals surface area contributed by atoms with E-state index in [9.17, 15) is 19.5 Å². The number of carbonyl (C=O) groups is 2. The molecule has 0 radical (unpaired) electrons. The largest absolute Gasteiger partial charge is 0.506 e. The summed E-state index contributed by atoms with van der Waals surface area (Å²) in [6, 6.07) is 4.52. The fourth-order valence-electron chi connectivity index (χ4n) is 2.60. The first kappa shape index (κ1) is 19.8. The molecule has 0 fully saturated rings. The van der Waals surface area contributed by atoms with Crippen molar-refractivity contribution in [2.24, 2.45) is 0 Å². The number of fused-ring (bicyclic) bond motifs is 1. The second-order valence-electron chi connectivity index (χ2n) is 6.03. The average Bonchev–Trinajstić information content (AvgIpc) is 2.60. The summed E-state index contributed by atoms with van der Waals surface area (Å²) in [4.78, 5) is 38.5. The van der Waals surface area contributed by atoms with Gasteiger partial charge in [0.25, 0.3) is 11.5 Å². The molecule has 0 aliphatic rings. The molecule has 0 atom stereocenters. The van der Waals surface area contributed by atoms with Gasteiger partial charge in [0, 0.05) is 16.8 Å². The number of hydrazine groups is 1. The third-order valence-corrected chi connectivity index (χ3v) is 4.23. The van der Waals surface area contributed by atoms with Crippen LogP contribution in [0.5, 0.6) is 5.75 Å². The zero-order valence-corrected chi connectivity index (χ0v) is 15.3. The number of unbranched alkanes of at least 4 members (excludes halogenated alkanes) is 4. The topological polar surface area (TPSA) is 111 Å². The Balaban J connectivity index is 2.01. The number of hydrogen-bond donors (Lipinski definition) is 4. The predicted molar refractivity (Wildman–Crippen MR) is 100 cm³/mol. The van der Waals surface area contributed by atoms with Crippen LogP contribution in [0, 0.1) is 0 Å². The monoisotopic (exact) mass is 379 g/mol. The van der Waals surface area contributed by atoms with E-state index < -0.39 is 22.8 Å². The van der Waals surface area contributed by atoms with E-state index in [-0.39, 0.29) is 17.7 Å². The third-order valence-electron chi connectivity index (χ3n) is 4.00. The minimum Gasteiger partial charge on any atom is -0.506 e. The van der Waals surface area contributed by atoms with E-state index in [0.717, 1.165) is 32.1 Å². The minimum atomic E-state index is -0.898. The number of aromatic hydroxyl groups is 1. The lowest BCUT2D eigenvalue weighted by molar-refractivity contribution is -0.122. The first-order valence-electron chi connectivity index (χ1n) is 8.57. The Kier molecular flexibility index (Phi) is 7.03. The van der Waals surface area contributed by atoms with Crippen LogP contribution >= 0.6 is 11.6 Å². The molecule has 0 saturated carbocycles.